The molecule has 2 aromatic rings. The van der Waals surface area contributed by atoms with Gasteiger partial charge in [0.25, 0.3) is 10.0 Å². The van der Waals surface area contributed by atoms with Crippen LogP contribution in [0.15, 0.2) is 59.5 Å². The Balaban J connectivity index is 1.65. The molecular weight excluding hydrogens is 410 g/mol. The molecule has 1 aliphatic heterocycles. The number of para-hydroxylation sites is 1. The van der Waals surface area contributed by atoms with Crippen molar-refractivity contribution < 1.29 is 13.2 Å². The molecule has 2 aromatic carbocycles. The monoisotopic (exact) mass is 433 g/mol. The van der Waals surface area contributed by atoms with Crippen LogP contribution in [0.2, 0.25) is 5.02 Å². The number of carbonyl (C=O) groups excluding carboxylic acids is 1. The van der Waals surface area contributed by atoms with Crippen molar-refractivity contribution in [3.63, 3.8) is 0 Å². The van der Waals surface area contributed by atoms with E-state index in [1.807, 2.05) is 4.90 Å². The fourth-order valence-corrected chi connectivity index (χ4v) is 4.36. The number of nitrogens with zero attached hydrogens (tertiary/aromatic N) is 2. The smallest absolute Gasteiger partial charge is 0.261 e. The lowest BCUT2D eigenvalue weighted by atomic mass is 10.2. The summed E-state index contributed by atoms with van der Waals surface area (Å²) in [6, 6.07) is 13.0. The zero-order chi connectivity index (χ0) is 20.9. The third-order valence-electron chi connectivity index (χ3n) is 4.76. The van der Waals surface area contributed by atoms with Gasteiger partial charge in [0.15, 0.2) is 0 Å². The van der Waals surface area contributed by atoms with Gasteiger partial charge >= 0.3 is 0 Å². The summed E-state index contributed by atoms with van der Waals surface area (Å²) in [6.45, 7) is 3.32. The highest BCUT2D eigenvalue weighted by atomic mass is 35.5. The number of hydrogen-bond acceptors (Lipinski definition) is 4. The van der Waals surface area contributed by atoms with Crippen molar-refractivity contribution in [1.82, 2.24) is 9.80 Å². The first kappa shape index (κ1) is 21.4. The zero-order valence-corrected chi connectivity index (χ0v) is 17.8. The second-order valence-corrected chi connectivity index (χ2v) is 9.06. The molecule has 6 nitrogen and oxygen atoms in total. The average Bonchev–Trinajstić information content (AvgIpc) is 2.93. The molecule has 0 bridgehead atoms. The predicted molar refractivity (Wildman–Crippen MR) is 116 cm³/mol. The number of sulfonamides is 1. The van der Waals surface area contributed by atoms with E-state index in [-0.39, 0.29) is 10.8 Å². The van der Waals surface area contributed by atoms with E-state index in [4.69, 9.17) is 11.6 Å². The Morgan fingerprint density at radius 3 is 2.48 bits per heavy atom. The molecule has 1 amide bonds. The molecule has 3 rings (SSSR count). The summed E-state index contributed by atoms with van der Waals surface area (Å²) in [6.07, 6.45) is 4.20. The molecular formula is C21H24ClN3O3S. The molecule has 0 aliphatic carbocycles. The number of nitrogens with one attached hydrogen (secondary N) is 1. The summed E-state index contributed by atoms with van der Waals surface area (Å²) >= 11 is 6.02. The normalized spacial score (nSPS) is 16.0. The van der Waals surface area contributed by atoms with Gasteiger partial charge in [-0.25, -0.2) is 8.42 Å². The van der Waals surface area contributed by atoms with Crippen molar-refractivity contribution in [2.75, 3.05) is 37.9 Å². The van der Waals surface area contributed by atoms with Crippen LogP contribution in [-0.4, -0.2) is 57.4 Å². The third kappa shape index (κ3) is 5.82. The first-order valence-corrected chi connectivity index (χ1v) is 11.2. The Hall–Kier alpha value is -2.35. The van der Waals surface area contributed by atoms with E-state index in [1.54, 1.807) is 42.5 Å². The van der Waals surface area contributed by atoms with E-state index in [0.717, 1.165) is 31.6 Å². The van der Waals surface area contributed by atoms with E-state index in [1.165, 1.54) is 18.2 Å². The number of benzene rings is 2. The summed E-state index contributed by atoms with van der Waals surface area (Å²) in [7, 11) is -1.69. The minimum absolute atomic E-state index is 0.0302. The van der Waals surface area contributed by atoms with Crippen molar-refractivity contribution in [3.05, 3.63) is 65.2 Å². The molecule has 154 valence electrons. The fourth-order valence-electron chi connectivity index (χ4n) is 3.05. The van der Waals surface area contributed by atoms with Gasteiger partial charge in [-0.2, -0.15) is 0 Å². The van der Waals surface area contributed by atoms with Crippen LogP contribution in [-0.2, 0) is 14.8 Å². The predicted octanol–water partition coefficient (Wildman–Crippen LogP) is 3.32. The number of halogens is 1. The molecule has 8 heteroatoms. The Labute approximate surface area is 176 Å². The number of hydrogen-bond donors (Lipinski definition) is 1. The molecule has 1 N–H and O–H groups in total. The molecule has 1 heterocycles. The Morgan fingerprint density at radius 1 is 1.03 bits per heavy atom. The molecule has 0 saturated carbocycles. The second-order valence-electron chi connectivity index (χ2n) is 6.97. The van der Waals surface area contributed by atoms with Crippen LogP contribution in [0.1, 0.15) is 12.0 Å². The topological polar surface area (TPSA) is 69.7 Å². The number of likely N-dealkylation sites (N-methyl/N-ethyl adjacent to an activating group) is 1. The number of amides is 1. The summed E-state index contributed by atoms with van der Waals surface area (Å²) < 4.78 is 27.6. The Bertz CT molecular complexity index is 990. The summed E-state index contributed by atoms with van der Waals surface area (Å²) in [4.78, 5) is 16.6. The molecule has 1 fully saturated rings. The van der Waals surface area contributed by atoms with Crippen LogP contribution in [0.3, 0.4) is 0 Å². The van der Waals surface area contributed by atoms with Crippen LogP contribution in [0.4, 0.5) is 5.69 Å². The fraction of sp³-hybridized carbons (Fsp3) is 0.286. The highest BCUT2D eigenvalue weighted by Crippen LogP contribution is 2.24. The van der Waals surface area contributed by atoms with E-state index in [9.17, 15) is 13.2 Å². The first-order valence-electron chi connectivity index (χ1n) is 9.38. The quantitative estimate of drug-likeness (QED) is 0.734. The molecule has 0 spiro atoms. The van der Waals surface area contributed by atoms with Crippen molar-refractivity contribution in [3.8, 4) is 0 Å². The van der Waals surface area contributed by atoms with Gasteiger partial charge in [0, 0.05) is 25.7 Å². The Kier molecular flexibility index (Phi) is 6.95. The molecule has 0 radical (unpaired) electrons. The lowest BCUT2D eigenvalue weighted by Crippen LogP contribution is -2.33. The number of rotatable bonds is 5. The highest BCUT2D eigenvalue weighted by Gasteiger charge is 2.16. The maximum Gasteiger partial charge on any atom is 0.261 e. The molecule has 0 unspecified atom stereocenters. The van der Waals surface area contributed by atoms with Crippen LogP contribution < -0.4 is 4.72 Å². The van der Waals surface area contributed by atoms with Crippen LogP contribution in [0.5, 0.6) is 0 Å². The van der Waals surface area contributed by atoms with Crippen molar-refractivity contribution >= 4 is 39.3 Å². The van der Waals surface area contributed by atoms with E-state index in [2.05, 4.69) is 16.7 Å². The van der Waals surface area contributed by atoms with E-state index >= 15 is 0 Å². The minimum atomic E-state index is -3.75. The average molecular weight is 434 g/mol. The molecule has 0 atom stereocenters. The zero-order valence-electron chi connectivity index (χ0n) is 16.2. The van der Waals surface area contributed by atoms with Crippen LogP contribution >= 0.6 is 11.6 Å². The van der Waals surface area contributed by atoms with Crippen molar-refractivity contribution in [2.24, 2.45) is 0 Å². The minimum Gasteiger partial charge on any atom is -0.338 e. The molecule has 29 heavy (non-hydrogen) atoms. The molecule has 1 saturated heterocycles. The SMILES string of the molecule is CN1CCCN(C(=O)/C=C/c2ccc(S(=O)(=O)Nc3ccccc3Cl)cc2)CC1. The van der Waals surface area contributed by atoms with E-state index < -0.39 is 10.0 Å². The standard InChI is InChI=1S/C21H24ClN3O3S/c1-24-13-4-14-25(16-15-24)21(26)12-9-17-7-10-18(11-8-17)29(27,28)23-20-6-3-2-5-19(20)22/h2-3,5-12,23H,4,13-16H2,1H3/b12-9+. The van der Waals surface area contributed by atoms with Gasteiger partial charge in [-0.1, -0.05) is 35.9 Å². The van der Waals surface area contributed by atoms with Crippen LogP contribution in [0.25, 0.3) is 6.08 Å². The largest absolute Gasteiger partial charge is 0.338 e. The van der Waals surface area contributed by atoms with Gasteiger partial charge in [-0.05, 0) is 55.9 Å². The molecule has 1 aliphatic rings. The van der Waals surface area contributed by atoms with E-state index in [0.29, 0.717) is 17.3 Å². The Morgan fingerprint density at radius 2 is 1.76 bits per heavy atom. The van der Waals surface area contributed by atoms with Gasteiger partial charge in [-0.15, -0.1) is 0 Å². The van der Waals surface area contributed by atoms with Gasteiger partial charge in [0.1, 0.15) is 0 Å². The summed E-state index contributed by atoms with van der Waals surface area (Å²) in [5.74, 6) is -0.0302. The van der Waals surface area contributed by atoms with Gasteiger partial charge < -0.3 is 9.80 Å². The highest BCUT2D eigenvalue weighted by molar-refractivity contribution is 7.92. The van der Waals surface area contributed by atoms with Crippen molar-refractivity contribution in [2.45, 2.75) is 11.3 Å². The van der Waals surface area contributed by atoms with Crippen molar-refractivity contribution in [1.29, 1.82) is 0 Å². The maximum atomic E-state index is 12.5. The lowest BCUT2D eigenvalue weighted by Gasteiger charge is -2.18. The van der Waals surface area contributed by atoms with Gasteiger partial charge in [0.05, 0.1) is 15.6 Å². The third-order valence-corrected chi connectivity index (χ3v) is 6.47. The van der Waals surface area contributed by atoms with Gasteiger partial charge in [-0.3, -0.25) is 9.52 Å². The summed E-state index contributed by atoms with van der Waals surface area (Å²) in [5.41, 5.74) is 1.08. The lowest BCUT2D eigenvalue weighted by molar-refractivity contribution is -0.125. The summed E-state index contributed by atoms with van der Waals surface area (Å²) in [5, 5.41) is 0.328. The van der Waals surface area contributed by atoms with Gasteiger partial charge in [0.2, 0.25) is 5.91 Å². The van der Waals surface area contributed by atoms with Crippen LogP contribution in [0, 0.1) is 0 Å². The number of carbonyl (C=O) groups is 1. The maximum absolute atomic E-state index is 12.5. The number of anilines is 1. The first-order chi connectivity index (χ1) is 13.8. The second kappa shape index (κ2) is 9.43. The molecule has 0 aromatic heterocycles.